The normalized spacial score (nSPS) is 11.1. The average Bonchev–Trinajstić information content (AvgIpc) is 3.30. The number of hydrogen-bond donors (Lipinski definition) is 1. The van der Waals surface area contributed by atoms with Gasteiger partial charge in [0.15, 0.2) is 11.0 Å². The van der Waals surface area contributed by atoms with Gasteiger partial charge < -0.3 is 4.74 Å². The van der Waals surface area contributed by atoms with E-state index in [1.54, 1.807) is 18.2 Å². The van der Waals surface area contributed by atoms with Gasteiger partial charge in [-0.1, -0.05) is 77.4 Å². The first-order chi connectivity index (χ1) is 17.1. The number of aromatic nitrogens is 3. The van der Waals surface area contributed by atoms with Crippen LogP contribution in [0.5, 0.6) is 5.75 Å². The molecule has 0 fully saturated rings. The lowest BCUT2D eigenvalue weighted by atomic mass is 10.2. The molecule has 0 bridgehead atoms. The largest absolute Gasteiger partial charge is 0.494 e. The van der Waals surface area contributed by atoms with Gasteiger partial charge >= 0.3 is 0 Å². The maximum atomic E-state index is 12.4. The molecule has 0 aliphatic heterocycles. The van der Waals surface area contributed by atoms with Crippen molar-refractivity contribution in [2.45, 2.75) is 12.1 Å². The maximum Gasteiger partial charge on any atom is 0.250 e. The first-order valence-electron chi connectivity index (χ1n) is 10.7. The van der Waals surface area contributed by atoms with Crippen LogP contribution in [0, 0.1) is 0 Å². The molecule has 1 N–H and O–H groups in total. The number of thioether (sulfide) groups is 1. The molecule has 3 aromatic carbocycles. The van der Waals surface area contributed by atoms with Crippen molar-refractivity contribution >= 4 is 47.1 Å². The van der Waals surface area contributed by atoms with Gasteiger partial charge in [-0.05, 0) is 37.3 Å². The molecule has 35 heavy (non-hydrogen) atoms. The first kappa shape index (κ1) is 24.8. The van der Waals surface area contributed by atoms with E-state index >= 15 is 0 Å². The highest BCUT2D eigenvalue weighted by atomic mass is 35.5. The van der Waals surface area contributed by atoms with Crippen LogP contribution in [-0.4, -0.2) is 39.2 Å². The molecule has 0 saturated heterocycles. The smallest absolute Gasteiger partial charge is 0.250 e. The molecular weight excluding hydrogens is 505 g/mol. The molecule has 0 saturated carbocycles. The minimum absolute atomic E-state index is 0.0879. The molecule has 0 aliphatic rings. The lowest BCUT2D eigenvalue weighted by Crippen LogP contribution is -2.20. The summed E-state index contributed by atoms with van der Waals surface area (Å²) in [5.74, 6) is 1.24. The highest BCUT2D eigenvalue weighted by molar-refractivity contribution is 7.99. The summed E-state index contributed by atoms with van der Waals surface area (Å²) in [5.41, 5.74) is 4.87. The Morgan fingerprint density at radius 1 is 1.06 bits per heavy atom. The molecule has 1 amide bonds. The SMILES string of the molecule is CCOc1ccc(-n2c(SCC(=O)N/N=C/c3cccc(Cl)c3Cl)nnc2-c2ccccc2)cc1. The van der Waals surface area contributed by atoms with Gasteiger partial charge in [0.1, 0.15) is 5.75 Å². The van der Waals surface area contributed by atoms with E-state index in [9.17, 15) is 4.79 Å². The Balaban J connectivity index is 1.51. The highest BCUT2D eigenvalue weighted by Gasteiger charge is 2.17. The number of nitrogens with one attached hydrogen (secondary N) is 1. The van der Waals surface area contributed by atoms with E-state index in [1.165, 1.54) is 18.0 Å². The van der Waals surface area contributed by atoms with Crippen molar-refractivity contribution in [1.82, 2.24) is 20.2 Å². The minimum atomic E-state index is -0.299. The average molecular weight is 526 g/mol. The fourth-order valence-electron chi connectivity index (χ4n) is 3.18. The Kier molecular flexibility index (Phi) is 8.41. The summed E-state index contributed by atoms with van der Waals surface area (Å²) >= 11 is 13.4. The van der Waals surface area contributed by atoms with Gasteiger partial charge in [0.25, 0.3) is 5.91 Å². The summed E-state index contributed by atoms with van der Waals surface area (Å²) in [6.45, 7) is 2.53. The quantitative estimate of drug-likeness (QED) is 0.167. The number of nitrogens with zero attached hydrogens (tertiary/aromatic N) is 4. The van der Waals surface area contributed by atoms with Gasteiger partial charge in [0, 0.05) is 16.8 Å². The third kappa shape index (κ3) is 6.22. The Hall–Kier alpha value is -3.33. The second-order valence-corrected chi connectivity index (χ2v) is 8.89. The van der Waals surface area contributed by atoms with Crippen molar-refractivity contribution in [2.75, 3.05) is 12.4 Å². The van der Waals surface area contributed by atoms with E-state index < -0.39 is 0 Å². The zero-order valence-electron chi connectivity index (χ0n) is 18.7. The first-order valence-corrected chi connectivity index (χ1v) is 12.4. The van der Waals surface area contributed by atoms with Crippen LogP contribution in [0.1, 0.15) is 12.5 Å². The van der Waals surface area contributed by atoms with Crippen molar-refractivity contribution in [3.63, 3.8) is 0 Å². The van der Waals surface area contributed by atoms with Crippen LogP contribution >= 0.6 is 35.0 Å². The molecule has 1 aromatic heterocycles. The summed E-state index contributed by atoms with van der Waals surface area (Å²) in [5, 5.41) is 14.1. The monoisotopic (exact) mass is 525 g/mol. The van der Waals surface area contributed by atoms with Crippen LogP contribution in [0.15, 0.2) is 83.1 Å². The van der Waals surface area contributed by atoms with Gasteiger partial charge in [0.05, 0.1) is 28.6 Å². The molecule has 7 nitrogen and oxygen atoms in total. The number of carbonyl (C=O) groups is 1. The van der Waals surface area contributed by atoms with Gasteiger partial charge in [-0.25, -0.2) is 5.43 Å². The summed E-state index contributed by atoms with van der Waals surface area (Å²) in [6.07, 6.45) is 1.45. The second-order valence-electron chi connectivity index (χ2n) is 7.16. The second kappa shape index (κ2) is 11.9. The van der Waals surface area contributed by atoms with E-state index in [4.69, 9.17) is 27.9 Å². The van der Waals surface area contributed by atoms with Gasteiger partial charge in [-0.3, -0.25) is 9.36 Å². The molecule has 1 heterocycles. The van der Waals surface area contributed by atoms with Crippen molar-refractivity contribution in [2.24, 2.45) is 5.10 Å². The number of hydrogen-bond acceptors (Lipinski definition) is 6. The molecule has 178 valence electrons. The van der Waals surface area contributed by atoms with E-state index in [2.05, 4.69) is 20.7 Å². The zero-order valence-corrected chi connectivity index (χ0v) is 21.0. The summed E-state index contributed by atoms with van der Waals surface area (Å²) in [7, 11) is 0. The fourth-order valence-corrected chi connectivity index (χ4v) is 4.29. The molecule has 0 atom stereocenters. The standard InChI is InChI=1S/C25H21Cl2N5O2S/c1-2-34-20-13-11-19(12-14-20)32-24(17-7-4-3-5-8-17)30-31-25(32)35-16-22(33)29-28-15-18-9-6-10-21(26)23(18)27/h3-15H,2,16H2,1H3,(H,29,33)/b28-15+. The Morgan fingerprint density at radius 3 is 2.57 bits per heavy atom. The Morgan fingerprint density at radius 2 is 1.83 bits per heavy atom. The van der Waals surface area contributed by atoms with Crippen LogP contribution in [0.2, 0.25) is 10.0 Å². The number of halogens is 2. The minimum Gasteiger partial charge on any atom is -0.494 e. The molecular formula is C25H21Cl2N5O2S. The van der Waals surface area contributed by atoms with Crippen LogP contribution in [-0.2, 0) is 4.79 Å². The van der Waals surface area contributed by atoms with Crippen LogP contribution < -0.4 is 10.2 Å². The van der Waals surface area contributed by atoms with Crippen molar-refractivity contribution in [1.29, 1.82) is 0 Å². The molecule has 0 unspecified atom stereocenters. The fraction of sp³-hybridized carbons (Fsp3) is 0.120. The van der Waals surface area contributed by atoms with Gasteiger partial charge in [-0.2, -0.15) is 5.10 Å². The molecule has 4 aromatic rings. The van der Waals surface area contributed by atoms with E-state index in [-0.39, 0.29) is 11.7 Å². The number of ether oxygens (including phenoxy) is 1. The predicted molar refractivity (Wildman–Crippen MR) is 141 cm³/mol. The highest BCUT2D eigenvalue weighted by Crippen LogP contribution is 2.29. The summed E-state index contributed by atoms with van der Waals surface area (Å²) < 4.78 is 7.47. The van der Waals surface area contributed by atoms with Crippen LogP contribution in [0.3, 0.4) is 0 Å². The number of hydrazone groups is 1. The molecule has 10 heteroatoms. The van der Waals surface area contributed by atoms with Gasteiger partial charge in [0.2, 0.25) is 0 Å². The summed E-state index contributed by atoms with van der Waals surface area (Å²) in [4.78, 5) is 12.4. The molecule has 4 rings (SSSR count). The number of rotatable bonds is 9. The zero-order chi connectivity index (χ0) is 24.6. The van der Waals surface area contributed by atoms with E-state index in [1.807, 2.05) is 66.1 Å². The van der Waals surface area contributed by atoms with E-state index in [0.29, 0.717) is 33.2 Å². The molecule has 0 spiro atoms. The maximum absolute atomic E-state index is 12.4. The van der Waals surface area contributed by atoms with Gasteiger partial charge in [-0.15, -0.1) is 10.2 Å². The summed E-state index contributed by atoms with van der Waals surface area (Å²) in [6, 6.07) is 22.6. The van der Waals surface area contributed by atoms with Crippen LogP contribution in [0.25, 0.3) is 17.1 Å². The Labute approximate surface area is 217 Å². The molecule has 0 radical (unpaired) electrons. The topological polar surface area (TPSA) is 81.4 Å². The number of amides is 1. The number of carbonyl (C=O) groups excluding carboxylic acids is 1. The number of benzene rings is 3. The van der Waals surface area contributed by atoms with Crippen LogP contribution in [0.4, 0.5) is 0 Å². The lowest BCUT2D eigenvalue weighted by Gasteiger charge is -2.11. The molecule has 0 aliphatic carbocycles. The van der Waals surface area contributed by atoms with Crippen molar-refractivity contribution < 1.29 is 9.53 Å². The van der Waals surface area contributed by atoms with E-state index in [0.717, 1.165) is 17.0 Å². The third-order valence-electron chi connectivity index (χ3n) is 4.78. The van der Waals surface area contributed by atoms with Crippen molar-refractivity contribution in [3.05, 3.63) is 88.4 Å². The third-order valence-corrected chi connectivity index (χ3v) is 6.54. The van der Waals surface area contributed by atoms with Crippen molar-refractivity contribution in [3.8, 4) is 22.8 Å². The predicted octanol–water partition coefficient (Wildman–Crippen LogP) is 5.88. The lowest BCUT2D eigenvalue weighted by molar-refractivity contribution is -0.118. The Bertz CT molecular complexity index is 1330.